The van der Waals surface area contributed by atoms with Gasteiger partial charge in [-0.15, -0.1) is 0 Å². The molecule has 0 fully saturated rings. The summed E-state index contributed by atoms with van der Waals surface area (Å²) in [5.41, 5.74) is 6.02. The number of carbonyl (C=O) groups is 1. The summed E-state index contributed by atoms with van der Waals surface area (Å²) in [6, 6.07) is 5.98. The maximum atomic E-state index is 10.9. The summed E-state index contributed by atoms with van der Waals surface area (Å²) >= 11 is 0. The third-order valence-corrected chi connectivity index (χ3v) is 2.50. The fourth-order valence-electron chi connectivity index (χ4n) is 1.70. The Morgan fingerprint density at radius 2 is 1.79 bits per heavy atom. The molecule has 0 unspecified atom stereocenters. The minimum Gasteiger partial charge on any atom is -0.488 e. The van der Waals surface area contributed by atoms with E-state index in [0.717, 1.165) is 5.75 Å². The Morgan fingerprint density at radius 3 is 2.16 bits per heavy atom. The minimum atomic E-state index is -1.10. The monoisotopic (exact) mass is 267 g/mol. The molecule has 0 heterocycles. The first-order chi connectivity index (χ1) is 8.74. The number of aliphatic carboxylic acids is 1. The number of hydrogen-bond acceptors (Lipinski definition) is 4. The molecule has 5 heteroatoms. The summed E-state index contributed by atoms with van der Waals surface area (Å²) in [5, 5.41) is 8.92. The fourth-order valence-corrected chi connectivity index (χ4v) is 1.70. The Balaban J connectivity index is 2.87. The molecule has 1 rings (SSSR count). The Morgan fingerprint density at radius 1 is 1.26 bits per heavy atom. The van der Waals surface area contributed by atoms with Gasteiger partial charge < -0.3 is 20.3 Å². The zero-order valence-corrected chi connectivity index (χ0v) is 11.7. The second kappa shape index (κ2) is 6.04. The number of hydrogen-bond donors (Lipinski definition) is 2. The summed E-state index contributed by atoms with van der Waals surface area (Å²) < 4.78 is 10.8. The maximum absolute atomic E-state index is 10.9. The highest BCUT2D eigenvalue weighted by Crippen LogP contribution is 2.24. The second-order valence-corrected chi connectivity index (χ2v) is 5.30. The third-order valence-electron chi connectivity index (χ3n) is 2.50. The topological polar surface area (TPSA) is 81.8 Å². The molecule has 0 aliphatic rings. The average Bonchev–Trinajstić information content (AvgIpc) is 2.30. The Labute approximate surface area is 113 Å². The molecule has 2 atom stereocenters. The summed E-state index contributed by atoms with van der Waals surface area (Å²) in [4.78, 5) is 10.9. The van der Waals surface area contributed by atoms with Crippen LogP contribution in [0.4, 0.5) is 0 Å². The van der Waals surface area contributed by atoms with Gasteiger partial charge in [0.15, 0.2) is 0 Å². The van der Waals surface area contributed by atoms with Crippen LogP contribution in [0.2, 0.25) is 0 Å². The lowest BCUT2D eigenvalue weighted by molar-refractivity contribution is -0.142. The van der Waals surface area contributed by atoms with Crippen molar-refractivity contribution in [3.63, 3.8) is 0 Å². The molecule has 0 bridgehead atoms. The van der Waals surface area contributed by atoms with Crippen LogP contribution in [0.15, 0.2) is 24.3 Å². The normalized spacial score (nSPS) is 14.8. The zero-order valence-electron chi connectivity index (χ0n) is 11.7. The molecular weight excluding hydrogens is 246 g/mol. The largest absolute Gasteiger partial charge is 0.488 e. The van der Waals surface area contributed by atoms with E-state index in [1.807, 2.05) is 20.8 Å². The highest BCUT2D eigenvalue weighted by molar-refractivity contribution is 5.74. The van der Waals surface area contributed by atoms with E-state index in [2.05, 4.69) is 0 Å². The van der Waals surface area contributed by atoms with Crippen molar-refractivity contribution in [2.45, 2.75) is 38.5 Å². The number of rotatable bonds is 5. The average molecular weight is 267 g/mol. The van der Waals surface area contributed by atoms with E-state index in [1.54, 1.807) is 24.3 Å². The van der Waals surface area contributed by atoms with E-state index in [-0.39, 0.29) is 5.60 Å². The van der Waals surface area contributed by atoms with Crippen molar-refractivity contribution in [1.29, 1.82) is 0 Å². The lowest BCUT2D eigenvalue weighted by Crippen LogP contribution is -2.37. The predicted molar refractivity (Wildman–Crippen MR) is 72.2 cm³/mol. The number of ether oxygens (including phenoxy) is 2. The van der Waals surface area contributed by atoms with E-state index >= 15 is 0 Å². The van der Waals surface area contributed by atoms with Gasteiger partial charge in [0.1, 0.15) is 23.5 Å². The lowest BCUT2D eigenvalue weighted by atomic mass is 10.0. The predicted octanol–water partition coefficient (Wildman–Crippen LogP) is 1.96. The fraction of sp³-hybridized carbons (Fsp3) is 0.500. The van der Waals surface area contributed by atoms with Crippen molar-refractivity contribution < 1.29 is 19.4 Å². The van der Waals surface area contributed by atoms with E-state index in [0.29, 0.717) is 5.56 Å². The first kappa shape index (κ1) is 15.5. The van der Waals surface area contributed by atoms with Crippen molar-refractivity contribution in [1.82, 2.24) is 0 Å². The summed E-state index contributed by atoms with van der Waals surface area (Å²) in [5.74, 6) is -0.378. The lowest BCUT2D eigenvalue weighted by Gasteiger charge is -2.23. The zero-order chi connectivity index (χ0) is 14.6. The number of benzene rings is 1. The van der Waals surface area contributed by atoms with Gasteiger partial charge in [0, 0.05) is 7.11 Å². The van der Waals surface area contributed by atoms with Crippen LogP contribution in [-0.2, 0) is 9.53 Å². The number of methoxy groups -OCH3 is 1. The van der Waals surface area contributed by atoms with Gasteiger partial charge in [0.25, 0.3) is 0 Å². The van der Waals surface area contributed by atoms with Crippen molar-refractivity contribution in [3.05, 3.63) is 29.8 Å². The van der Waals surface area contributed by atoms with Crippen LogP contribution in [-0.4, -0.2) is 29.8 Å². The molecule has 1 aromatic rings. The molecule has 0 spiro atoms. The molecule has 0 radical (unpaired) electrons. The maximum Gasteiger partial charge on any atom is 0.323 e. The molecular formula is C14H21NO4. The highest BCUT2D eigenvalue weighted by atomic mass is 16.5. The molecule has 0 saturated heterocycles. The molecule has 0 aliphatic heterocycles. The number of nitrogens with two attached hydrogens (primary N) is 1. The van der Waals surface area contributed by atoms with Crippen LogP contribution >= 0.6 is 0 Å². The smallest absolute Gasteiger partial charge is 0.323 e. The van der Waals surface area contributed by atoms with Crippen molar-refractivity contribution >= 4 is 5.97 Å². The number of carboxylic acids is 1. The van der Waals surface area contributed by atoms with Crippen molar-refractivity contribution in [2.24, 2.45) is 5.73 Å². The van der Waals surface area contributed by atoms with Gasteiger partial charge in [0.05, 0.1) is 0 Å². The Hall–Kier alpha value is -1.59. The first-order valence-corrected chi connectivity index (χ1v) is 6.05. The van der Waals surface area contributed by atoms with E-state index in [1.165, 1.54) is 7.11 Å². The molecule has 0 aromatic heterocycles. The molecule has 19 heavy (non-hydrogen) atoms. The molecule has 5 nitrogen and oxygen atoms in total. The molecule has 0 amide bonds. The second-order valence-electron chi connectivity index (χ2n) is 5.30. The van der Waals surface area contributed by atoms with E-state index in [4.69, 9.17) is 20.3 Å². The van der Waals surface area contributed by atoms with Gasteiger partial charge >= 0.3 is 5.97 Å². The van der Waals surface area contributed by atoms with Gasteiger partial charge in [0.2, 0.25) is 0 Å². The number of carboxylic acid groups (broad SMARTS) is 1. The van der Waals surface area contributed by atoms with Gasteiger partial charge in [-0.1, -0.05) is 12.1 Å². The standard InChI is InChI=1S/C14H21NO4/c1-14(2,3)19-10-7-5-9(6-8-10)12(18-4)11(15)13(16)17/h5-8,11-12H,15H2,1-4H3,(H,16,17)/t11-,12+/m0/s1. The minimum absolute atomic E-state index is 0.278. The first-order valence-electron chi connectivity index (χ1n) is 6.05. The van der Waals surface area contributed by atoms with Gasteiger partial charge in [-0.05, 0) is 38.5 Å². The van der Waals surface area contributed by atoms with Crippen molar-refractivity contribution in [3.8, 4) is 5.75 Å². The highest BCUT2D eigenvalue weighted by Gasteiger charge is 2.25. The van der Waals surface area contributed by atoms with Crippen LogP contribution in [0.1, 0.15) is 32.4 Å². The molecule has 0 saturated carbocycles. The van der Waals surface area contributed by atoms with Crippen LogP contribution in [0, 0.1) is 0 Å². The van der Waals surface area contributed by atoms with Crippen LogP contribution in [0.3, 0.4) is 0 Å². The molecule has 106 valence electrons. The third kappa shape index (κ3) is 4.54. The van der Waals surface area contributed by atoms with Gasteiger partial charge in [-0.25, -0.2) is 0 Å². The Bertz CT molecular complexity index is 422. The molecule has 1 aromatic carbocycles. The summed E-state index contributed by atoms with van der Waals surface area (Å²) in [6.45, 7) is 5.87. The molecule has 0 aliphatic carbocycles. The van der Waals surface area contributed by atoms with Crippen LogP contribution in [0.25, 0.3) is 0 Å². The van der Waals surface area contributed by atoms with Crippen LogP contribution in [0.5, 0.6) is 5.75 Å². The summed E-state index contributed by atoms with van der Waals surface area (Å²) in [6.07, 6.45) is -0.679. The molecule has 3 N–H and O–H groups in total. The quantitative estimate of drug-likeness (QED) is 0.852. The van der Waals surface area contributed by atoms with Crippen molar-refractivity contribution in [2.75, 3.05) is 7.11 Å². The van der Waals surface area contributed by atoms with E-state index in [9.17, 15) is 4.79 Å². The van der Waals surface area contributed by atoms with Crippen LogP contribution < -0.4 is 10.5 Å². The van der Waals surface area contributed by atoms with Gasteiger partial charge in [-0.3, -0.25) is 4.79 Å². The van der Waals surface area contributed by atoms with E-state index < -0.39 is 18.1 Å². The summed E-state index contributed by atoms with van der Waals surface area (Å²) in [7, 11) is 1.44. The SMILES string of the molecule is CO[C@H](c1ccc(OC(C)(C)C)cc1)[C@H](N)C(=O)O. The van der Waals surface area contributed by atoms with Gasteiger partial charge in [-0.2, -0.15) is 0 Å². The Kier molecular flexibility index (Phi) is 4.91.